The number of hydrogen-bond acceptors (Lipinski definition) is 5. The fourth-order valence-electron chi connectivity index (χ4n) is 3.46. The summed E-state index contributed by atoms with van der Waals surface area (Å²) >= 11 is 0. The van der Waals surface area contributed by atoms with Crippen LogP contribution in [-0.4, -0.2) is 36.8 Å². The molecule has 0 saturated heterocycles. The van der Waals surface area contributed by atoms with Crippen LogP contribution in [0.1, 0.15) is 46.0 Å². The summed E-state index contributed by atoms with van der Waals surface area (Å²) in [6.07, 6.45) is 3.44. The number of carbonyl (C=O) groups excluding carboxylic acids is 2. The molecule has 1 heterocycles. The molecule has 0 radical (unpaired) electrons. The van der Waals surface area contributed by atoms with Gasteiger partial charge in [0.05, 0.1) is 31.1 Å². The average Bonchev–Trinajstić information content (AvgIpc) is 2.77. The highest BCUT2D eigenvalue weighted by atomic mass is 16.5. The number of ether oxygens (including phenoxy) is 2. The molecule has 6 nitrogen and oxygen atoms in total. The minimum atomic E-state index is -0.437. The highest BCUT2D eigenvalue weighted by Crippen LogP contribution is 2.31. The Hall–Kier alpha value is -3.67. The zero-order chi connectivity index (χ0) is 21.1. The molecular weight excluding hydrogens is 380 g/mol. The first-order valence-electron chi connectivity index (χ1n) is 9.89. The molecule has 0 unspecified atom stereocenters. The smallest absolute Gasteiger partial charge is 0.282 e. The number of imide groups is 1. The second kappa shape index (κ2) is 8.37. The van der Waals surface area contributed by atoms with Crippen molar-refractivity contribution in [2.24, 2.45) is 5.10 Å². The molecule has 0 aliphatic carbocycles. The maximum Gasteiger partial charge on any atom is 0.282 e. The minimum Gasteiger partial charge on any atom is -0.493 e. The molecule has 1 aliphatic heterocycles. The summed E-state index contributed by atoms with van der Waals surface area (Å²) < 4.78 is 11.1. The van der Waals surface area contributed by atoms with Crippen molar-refractivity contribution in [2.45, 2.75) is 19.8 Å². The molecule has 2 amide bonds. The summed E-state index contributed by atoms with van der Waals surface area (Å²) in [4.78, 5) is 25.8. The molecule has 0 bridgehead atoms. The van der Waals surface area contributed by atoms with Crippen LogP contribution in [0.15, 0.2) is 59.7 Å². The molecule has 1 aliphatic rings. The molecule has 3 aromatic carbocycles. The molecule has 6 heteroatoms. The maximum atomic E-state index is 12.9. The molecule has 0 spiro atoms. The molecule has 0 atom stereocenters. The van der Waals surface area contributed by atoms with Crippen LogP contribution in [0.2, 0.25) is 0 Å². The Kier molecular flexibility index (Phi) is 5.48. The van der Waals surface area contributed by atoms with Crippen molar-refractivity contribution in [3.63, 3.8) is 0 Å². The van der Waals surface area contributed by atoms with Crippen molar-refractivity contribution in [1.29, 1.82) is 0 Å². The summed E-state index contributed by atoms with van der Waals surface area (Å²) in [6, 6.07) is 16.2. The summed E-state index contributed by atoms with van der Waals surface area (Å²) in [6.45, 7) is 2.67. The van der Waals surface area contributed by atoms with Crippen molar-refractivity contribution >= 4 is 28.8 Å². The van der Waals surface area contributed by atoms with Crippen molar-refractivity contribution in [3.05, 3.63) is 71.3 Å². The number of hydrazone groups is 1. The van der Waals surface area contributed by atoms with Crippen molar-refractivity contribution in [3.8, 4) is 11.5 Å². The van der Waals surface area contributed by atoms with E-state index in [1.807, 2.05) is 12.1 Å². The van der Waals surface area contributed by atoms with Crippen molar-refractivity contribution in [1.82, 2.24) is 5.01 Å². The summed E-state index contributed by atoms with van der Waals surface area (Å²) in [7, 11) is 1.58. The normalized spacial score (nSPS) is 13.3. The number of methoxy groups -OCH3 is 1. The first-order chi connectivity index (χ1) is 14.6. The van der Waals surface area contributed by atoms with Crippen LogP contribution in [0, 0.1) is 0 Å². The number of carbonyl (C=O) groups is 2. The SMILES string of the molecule is CCCCOc1cc(/C=N\N2C(=O)c3cccc4cccc(c34)C2=O)ccc1OC. The molecular formula is C24H22N2O4. The monoisotopic (exact) mass is 402 g/mol. The number of rotatable bonds is 7. The summed E-state index contributed by atoms with van der Waals surface area (Å²) in [5.74, 6) is 0.345. The van der Waals surface area contributed by atoms with Gasteiger partial charge in [0.1, 0.15) is 0 Å². The van der Waals surface area contributed by atoms with Crippen molar-refractivity contribution < 1.29 is 19.1 Å². The molecule has 0 aromatic heterocycles. The quantitative estimate of drug-likeness (QED) is 0.328. The zero-order valence-corrected chi connectivity index (χ0v) is 16.9. The lowest BCUT2D eigenvalue weighted by molar-refractivity contribution is 0.0616. The van der Waals surface area contributed by atoms with Crippen LogP contribution >= 0.6 is 0 Å². The van der Waals surface area contributed by atoms with Gasteiger partial charge < -0.3 is 9.47 Å². The topological polar surface area (TPSA) is 68.2 Å². The third kappa shape index (κ3) is 3.52. The number of benzene rings is 3. The van der Waals surface area contributed by atoms with Crippen LogP contribution in [0.4, 0.5) is 0 Å². The molecule has 4 rings (SSSR count). The van der Waals surface area contributed by atoms with E-state index in [9.17, 15) is 9.59 Å². The Labute approximate surface area is 174 Å². The second-order valence-electron chi connectivity index (χ2n) is 6.99. The predicted molar refractivity (Wildman–Crippen MR) is 115 cm³/mol. The fraction of sp³-hybridized carbons (Fsp3) is 0.208. The summed E-state index contributed by atoms with van der Waals surface area (Å²) in [5.41, 5.74) is 1.64. The molecule has 152 valence electrons. The van der Waals surface area contributed by atoms with Crippen LogP contribution in [0.5, 0.6) is 11.5 Å². The van der Waals surface area contributed by atoms with E-state index in [0.717, 1.165) is 23.2 Å². The van der Waals surface area contributed by atoms with E-state index in [1.165, 1.54) is 6.21 Å². The Morgan fingerprint density at radius 1 is 0.967 bits per heavy atom. The van der Waals surface area contributed by atoms with Crippen LogP contribution in [0.3, 0.4) is 0 Å². The Morgan fingerprint density at radius 3 is 2.30 bits per heavy atom. The molecule has 3 aromatic rings. The maximum absolute atomic E-state index is 12.9. The molecule has 30 heavy (non-hydrogen) atoms. The Bertz CT molecular complexity index is 1100. The molecule has 0 fully saturated rings. The van der Waals surface area contributed by atoms with Gasteiger partial charge in [0.25, 0.3) is 11.8 Å². The number of amides is 2. The lowest BCUT2D eigenvalue weighted by atomic mass is 9.95. The number of unbranched alkanes of at least 4 members (excludes halogenated alkanes) is 1. The highest BCUT2D eigenvalue weighted by molar-refractivity contribution is 6.25. The van der Waals surface area contributed by atoms with Crippen LogP contribution in [0.25, 0.3) is 10.8 Å². The molecule has 0 saturated carbocycles. The standard InChI is InChI=1S/C24H22N2O4/c1-3-4-13-30-21-14-16(11-12-20(21)29-2)15-25-26-23(27)18-9-5-7-17-8-6-10-19(22(17)18)24(26)28/h5-12,14-15H,3-4,13H2,1-2H3/b25-15-. The predicted octanol–water partition coefficient (Wildman–Crippen LogP) is 4.66. The van der Waals surface area contributed by atoms with Gasteiger partial charge in [-0.25, -0.2) is 0 Å². The minimum absolute atomic E-state index is 0.437. The van der Waals surface area contributed by atoms with E-state index in [1.54, 1.807) is 49.6 Å². The van der Waals surface area contributed by atoms with E-state index >= 15 is 0 Å². The second-order valence-corrected chi connectivity index (χ2v) is 6.99. The van der Waals surface area contributed by atoms with Crippen LogP contribution < -0.4 is 9.47 Å². The van der Waals surface area contributed by atoms with Gasteiger partial charge in [-0.05, 0) is 47.7 Å². The van der Waals surface area contributed by atoms with Gasteiger partial charge in [-0.15, -0.1) is 0 Å². The van der Waals surface area contributed by atoms with Gasteiger partial charge in [0.2, 0.25) is 0 Å². The third-order valence-electron chi connectivity index (χ3n) is 5.02. The number of nitrogens with zero attached hydrogens (tertiary/aromatic N) is 2. The number of hydrogen-bond donors (Lipinski definition) is 0. The van der Waals surface area contributed by atoms with Gasteiger partial charge in [0, 0.05) is 5.39 Å². The van der Waals surface area contributed by atoms with E-state index in [0.29, 0.717) is 40.2 Å². The largest absolute Gasteiger partial charge is 0.493 e. The first kappa shape index (κ1) is 19.6. The Morgan fingerprint density at radius 2 is 1.67 bits per heavy atom. The van der Waals surface area contributed by atoms with Crippen LogP contribution in [-0.2, 0) is 0 Å². The average molecular weight is 402 g/mol. The van der Waals surface area contributed by atoms with Gasteiger partial charge >= 0.3 is 0 Å². The van der Waals surface area contributed by atoms with Gasteiger partial charge in [-0.1, -0.05) is 37.6 Å². The van der Waals surface area contributed by atoms with E-state index in [4.69, 9.17) is 9.47 Å². The van der Waals surface area contributed by atoms with E-state index < -0.39 is 11.8 Å². The highest BCUT2D eigenvalue weighted by Gasteiger charge is 2.32. The first-order valence-corrected chi connectivity index (χ1v) is 9.89. The van der Waals surface area contributed by atoms with E-state index in [2.05, 4.69) is 12.0 Å². The third-order valence-corrected chi connectivity index (χ3v) is 5.02. The Balaban J connectivity index is 1.64. The van der Waals surface area contributed by atoms with Gasteiger partial charge in [-0.3, -0.25) is 9.59 Å². The lowest BCUT2D eigenvalue weighted by Crippen LogP contribution is -2.36. The van der Waals surface area contributed by atoms with Gasteiger partial charge in [0.15, 0.2) is 11.5 Å². The fourth-order valence-corrected chi connectivity index (χ4v) is 3.46. The van der Waals surface area contributed by atoms with Gasteiger partial charge in [-0.2, -0.15) is 10.1 Å². The molecule has 0 N–H and O–H groups in total. The lowest BCUT2D eigenvalue weighted by Gasteiger charge is -2.23. The zero-order valence-electron chi connectivity index (χ0n) is 16.9. The van der Waals surface area contributed by atoms with Crippen molar-refractivity contribution in [2.75, 3.05) is 13.7 Å². The van der Waals surface area contributed by atoms with E-state index in [-0.39, 0.29) is 0 Å². The summed E-state index contributed by atoms with van der Waals surface area (Å²) in [5, 5.41) is 6.66.